The summed E-state index contributed by atoms with van der Waals surface area (Å²) in [7, 11) is 1.64. The molecule has 0 aliphatic carbocycles. The van der Waals surface area contributed by atoms with E-state index in [1.807, 2.05) is 79.7 Å². The molecule has 4 heteroatoms. The minimum Gasteiger partial charge on any atom is -0.496 e. The molecule has 1 amide bonds. The monoisotopic (exact) mass is 361 g/mol. The van der Waals surface area contributed by atoms with Crippen LogP contribution in [0.5, 0.6) is 11.5 Å². The number of hydrogen-bond acceptors (Lipinski definition) is 3. The number of anilines is 1. The van der Waals surface area contributed by atoms with Gasteiger partial charge in [-0.2, -0.15) is 0 Å². The highest BCUT2D eigenvalue weighted by molar-refractivity contribution is 5.92. The fourth-order valence-electron chi connectivity index (χ4n) is 2.82. The number of rotatable bonds is 7. The summed E-state index contributed by atoms with van der Waals surface area (Å²) >= 11 is 0. The molecule has 0 saturated carbocycles. The van der Waals surface area contributed by atoms with Crippen molar-refractivity contribution in [1.82, 2.24) is 0 Å². The number of benzene rings is 3. The van der Waals surface area contributed by atoms with Crippen LogP contribution >= 0.6 is 0 Å². The van der Waals surface area contributed by atoms with E-state index in [1.54, 1.807) is 7.11 Å². The van der Waals surface area contributed by atoms with Crippen LogP contribution in [0.15, 0.2) is 72.8 Å². The van der Waals surface area contributed by atoms with E-state index in [-0.39, 0.29) is 5.91 Å². The van der Waals surface area contributed by atoms with Crippen LogP contribution in [0.1, 0.15) is 16.7 Å². The maximum absolute atomic E-state index is 12.3. The van der Waals surface area contributed by atoms with Gasteiger partial charge in [-0.1, -0.05) is 42.5 Å². The van der Waals surface area contributed by atoms with Crippen molar-refractivity contribution in [2.45, 2.75) is 20.0 Å². The van der Waals surface area contributed by atoms with Crippen molar-refractivity contribution in [3.05, 3.63) is 89.5 Å². The van der Waals surface area contributed by atoms with E-state index in [9.17, 15) is 4.79 Å². The summed E-state index contributed by atoms with van der Waals surface area (Å²) < 4.78 is 11.0. The van der Waals surface area contributed by atoms with Crippen LogP contribution in [0.3, 0.4) is 0 Å². The Morgan fingerprint density at radius 1 is 0.926 bits per heavy atom. The standard InChI is InChI=1S/C23H23NO3/c1-17-14-19(8-13-22(17)26-2)15-23(25)24-20-9-11-21(12-10-20)27-16-18-6-4-3-5-7-18/h3-14H,15-16H2,1-2H3,(H,24,25). The molecule has 0 heterocycles. The van der Waals surface area contributed by atoms with Crippen LogP contribution in [-0.4, -0.2) is 13.0 Å². The van der Waals surface area contributed by atoms with Crippen molar-refractivity contribution in [3.8, 4) is 11.5 Å². The maximum atomic E-state index is 12.3. The quantitative estimate of drug-likeness (QED) is 0.660. The minimum atomic E-state index is -0.0579. The van der Waals surface area contributed by atoms with E-state index in [0.717, 1.165) is 33.9 Å². The second-order valence-electron chi connectivity index (χ2n) is 6.33. The van der Waals surface area contributed by atoms with Crippen LogP contribution in [0.25, 0.3) is 0 Å². The molecule has 0 aromatic heterocycles. The number of nitrogens with one attached hydrogen (secondary N) is 1. The molecule has 0 aliphatic rings. The van der Waals surface area contributed by atoms with Crippen LogP contribution in [0.2, 0.25) is 0 Å². The first-order chi connectivity index (χ1) is 13.1. The van der Waals surface area contributed by atoms with Gasteiger partial charge in [0, 0.05) is 5.69 Å². The second-order valence-corrected chi connectivity index (χ2v) is 6.33. The van der Waals surface area contributed by atoms with E-state index in [0.29, 0.717) is 13.0 Å². The van der Waals surface area contributed by atoms with Crippen LogP contribution < -0.4 is 14.8 Å². The summed E-state index contributed by atoms with van der Waals surface area (Å²) in [6.45, 7) is 2.48. The highest BCUT2D eigenvalue weighted by atomic mass is 16.5. The predicted octanol–water partition coefficient (Wildman–Crippen LogP) is 4.76. The largest absolute Gasteiger partial charge is 0.496 e. The van der Waals surface area contributed by atoms with E-state index in [2.05, 4.69) is 5.32 Å². The van der Waals surface area contributed by atoms with Crippen LogP contribution in [-0.2, 0) is 17.8 Å². The molecule has 1 N–H and O–H groups in total. The predicted molar refractivity (Wildman–Crippen MR) is 107 cm³/mol. The molecular formula is C23H23NO3. The number of methoxy groups -OCH3 is 1. The van der Waals surface area contributed by atoms with Crippen molar-refractivity contribution >= 4 is 11.6 Å². The third-order valence-corrected chi connectivity index (χ3v) is 4.21. The fraction of sp³-hybridized carbons (Fsp3) is 0.174. The van der Waals surface area contributed by atoms with Gasteiger partial charge in [-0.3, -0.25) is 4.79 Å². The van der Waals surface area contributed by atoms with Gasteiger partial charge in [-0.25, -0.2) is 0 Å². The highest BCUT2D eigenvalue weighted by Crippen LogP contribution is 2.20. The molecular weight excluding hydrogens is 338 g/mol. The fourth-order valence-corrected chi connectivity index (χ4v) is 2.82. The summed E-state index contributed by atoms with van der Waals surface area (Å²) in [4.78, 5) is 12.3. The molecule has 0 bridgehead atoms. The molecule has 0 radical (unpaired) electrons. The Kier molecular flexibility index (Phi) is 6.10. The van der Waals surface area contributed by atoms with Crippen LogP contribution in [0, 0.1) is 6.92 Å². The van der Waals surface area contributed by atoms with Gasteiger partial charge in [-0.05, 0) is 53.9 Å². The van der Waals surface area contributed by atoms with E-state index >= 15 is 0 Å². The average Bonchev–Trinajstić information content (AvgIpc) is 2.68. The van der Waals surface area contributed by atoms with Gasteiger partial charge in [0.15, 0.2) is 0 Å². The zero-order valence-corrected chi connectivity index (χ0v) is 15.6. The number of carbonyl (C=O) groups is 1. The molecule has 0 aliphatic heterocycles. The molecule has 0 spiro atoms. The third kappa shape index (κ3) is 5.35. The van der Waals surface area contributed by atoms with Crippen molar-refractivity contribution in [2.75, 3.05) is 12.4 Å². The first-order valence-electron chi connectivity index (χ1n) is 8.84. The van der Waals surface area contributed by atoms with Crippen LogP contribution in [0.4, 0.5) is 5.69 Å². The Morgan fingerprint density at radius 2 is 1.67 bits per heavy atom. The van der Waals surface area contributed by atoms with Crippen molar-refractivity contribution in [2.24, 2.45) is 0 Å². The molecule has 0 fully saturated rings. The zero-order valence-electron chi connectivity index (χ0n) is 15.6. The van der Waals surface area contributed by atoms with Crippen molar-refractivity contribution in [3.63, 3.8) is 0 Å². The molecule has 0 atom stereocenters. The van der Waals surface area contributed by atoms with Crippen molar-refractivity contribution < 1.29 is 14.3 Å². The summed E-state index contributed by atoms with van der Waals surface area (Å²) in [6.07, 6.45) is 0.317. The zero-order chi connectivity index (χ0) is 19.1. The minimum absolute atomic E-state index is 0.0579. The molecule has 3 aromatic carbocycles. The van der Waals surface area contributed by atoms with Gasteiger partial charge >= 0.3 is 0 Å². The summed E-state index contributed by atoms with van der Waals surface area (Å²) in [5.74, 6) is 1.53. The van der Waals surface area contributed by atoms with Gasteiger partial charge in [0.25, 0.3) is 0 Å². The summed E-state index contributed by atoms with van der Waals surface area (Å²) in [5.41, 5.74) is 3.83. The number of amides is 1. The molecule has 3 aromatic rings. The normalized spacial score (nSPS) is 10.3. The van der Waals surface area contributed by atoms with Gasteiger partial charge < -0.3 is 14.8 Å². The third-order valence-electron chi connectivity index (χ3n) is 4.21. The molecule has 3 rings (SSSR count). The van der Waals surface area contributed by atoms with Gasteiger partial charge in [0.1, 0.15) is 18.1 Å². The SMILES string of the molecule is COc1ccc(CC(=O)Nc2ccc(OCc3ccccc3)cc2)cc1C. The Balaban J connectivity index is 1.53. The summed E-state index contributed by atoms with van der Waals surface area (Å²) in [5, 5.41) is 2.91. The first kappa shape index (κ1) is 18.5. The Labute approximate surface area is 159 Å². The molecule has 0 saturated heterocycles. The molecule has 4 nitrogen and oxygen atoms in total. The summed E-state index contributed by atoms with van der Waals surface area (Å²) in [6, 6.07) is 23.2. The lowest BCUT2D eigenvalue weighted by atomic mass is 10.1. The molecule has 27 heavy (non-hydrogen) atoms. The topological polar surface area (TPSA) is 47.6 Å². The van der Waals surface area contributed by atoms with E-state index < -0.39 is 0 Å². The highest BCUT2D eigenvalue weighted by Gasteiger charge is 2.07. The number of hydrogen-bond donors (Lipinski definition) is 1. The Hall–Kier alpha value is -3.27. The molecule has 0 unspecified atom stereocenters. The smallest absolute Gasteiger partial charge is 0.228 e. The number of aryl methyl sites for hydroxylation is 1. The number of carbonyl (C=O) groups excluding carboxylic acids is 1. The Morgan fingerprint density at radius 3 is 2.33 bits per heavy atom. The average molecular weight is 361 g/mol. The van der Waals surface area contributed by atoms with Gasteiger partial charge in [-0.15, -0.1) is 0 Å². The van der Waals surface area contributed by atoms with Gasteiger partial charge in [0.2, 0.25) is 5.91 Å². The Bertz CT molecular complexity index is 889. The lowest BCUT2D eigenvalue weighted by molar-refractivity contribution is -0.115. The van der Waals surface area contributed by atoms with Gasteiger partial charge in [0.05, 0.1) is 13.5 Å². The second kappa shape index (κ2) is 8.90. The lowest BCUT2D eigenvalue weighted by Crippen LogP contribution is -2.14. The lowest BCUT2D eigenvalue weighted by Gasteiger charge is -2.10. The first-order valence-corrected chi connectivity index (χ1v) is 8.84. The van der Waals surface area contributed by atoms with Crippen molar-refractivity contribution in [1.29, 1.82) is 0 Å². The number of ether oxygens (including phenoxy) is 2. The molecule has 138 valence electrons. The van der Waals surface area contributed by atoms with E-state index in [4.69, 9.17) is 9.47 Å². The van der Waals surface area contributed by atoms with E-state index in [1.165, 1.54) is 0 Å². The maximum Gasteiger partial charge on any atom is 0.228 e.